The molecule has 0 bridgehead atoms. The molecule has 0 atom stereocenters. The number of hydrogen-bond acceptors (Lipinski definition) is 3. The maximum atomic E-state index is 11.7. The number of hydrogen-bond donors (Lipinski definition) is 0. The number of aryl methyl sites for hydroxylation is 1. The molecule has 2 rings (SSSR count). The second-order valence-electron chi connectivity index (χ2n) is 3.39. The van der Waals surface area contributed by atoms with E-state index in [0.717, 1.165) is 5.56 Å². The van der Waals surface area contributed by atoms with Gasteiger partial charge in [-0.3, -0.25) is 4.79 Å². The molecule has 1 aromatic heterocycles. The number of Topliss-reactive ketones (excluding diaryl/α,β-unsaturated/α-hetero) is 1. The Morgan fingerprint density at radius 1 is 1.38 bits per heavy atom. The van der Waals surface area contributed by atoms with Gasteiger partial charge >= 0.3 is 0 Å². The Labute approximate surface area is 102 Å². The fraction of sp³-hybridized carbons (Fsp3) is 0.167. The number of carbonyl (C=O) groups is 1. The summed E-state index contributed by atoms with van der Waals surface area (Å²) in [6.07, 6.45) is 0. The van der Waals surface area contributed by atoms with Crippen molar-refractivity contribution >= 4 is 21.7 Å². The predicted octanol–water partition coefficient (Wildman–Crippen LogP) is 3.23. The maximum absolute atomic E-state index is 11.7. The number of rotatable bonds is 3. The summed E-state index contributed by atoms with van der Waals surface area (Å²) in [5, 5.41) is 4.21. The molecule has 0 saturated heterocycles. The third-order valence-corrected chi connectivity index (χ3v) is 2.82. The minimum absolute atomic E-state index is 0.0161. The van der Waals surface area contributed by atoms with E-state index in [9.17, 15) is 4.79 Å². The molecule has 0 fully saturated rings. The summed E-state index contributed by atoms with van der Waals surface area (Å²) >= 11 is 3.16. The van der Waals surface area contributed by atoms with Crippen LogP contribution in [0, 0.1) is 6.92 Å². The lowest BCUT2D eigenvalue weighted by atomic mass is 10.0. The van der Waals surface area contributed by atoms with Crippen molar-refractivity contribution in [3.8, 4) is 11.3 Å². The minimum Gasteiger partial charge on any atom is -0.360 e. The summed E-state index contributed by atoms with van der Waals surface area (Å²) < 4.78 is 5.08. The number of carbonyl (C=O) groups excluding carboxylic acids is 1. The highest BCUT2D eigenvalue weighted by Gasteiger charge is 2.19. The first-order valence-corrected chi connectivity index (χ1v) is 5.97. The van der Waals surface area contributed by atoms with Crippen LogP contribution in [0.25, 0.3) is 11.3 Å². The number of benzene rings is 1. The standard InChI is InChI=1S/C12H10BrNO2/c1-8-11(10(15)7-13)12(14-16-8)9-5-3-2-4-6-9/h2-6H,7H2,1H3. The van der Waals surface area contributed by atoms with Gasteiger partial charge in [0, 0.05) is 5.56 Å². The lowest BCUT2D eigenvalue weighted by Crippen LogP contribution is -2.02. The third kappa shape index (κ3) is 1.93. The van der Waals surface area contributed by atoms with Gasteiger partial charge in [0.2, 0.25) is 0 Å². The van der Waals surface area contributed by atoms with Gasteiger partial charge in [-0.25, -0.2) is 0 Å². The Hall–Kier alpha value is -1.42. The first-order chi connectivity index (χ1) is 7.74. The minimum atomic E-state index is -0.0161. The van der Waals surface area contributed by atoms with Gasteiger partial charge in [-0.1, -0.05) is 51.4 Å². The molecule has 1 heterocycles. The van der Waals surface area contributed by atoms with Gasteiger partial charge < -0.3 is 4.52 Å². The maximum Gasteiger partial charge on any atom is 0.179 e. The molecule has 0 radical (unpaired) electrons. The second kappa shape index (κ2) is 4.61. The second-order valence-corrected chi connectivity index (χ2v) is 3.95. The van der Waals surface area contributed by atoms with Crippen molar-refractivity contribution in [2.45, 2.75) is 6.92 Å². The average molecular weight is 280 g/mol. The van der Waals surface area contributed by atoms with Crippen LogP contribution in [0.4, 0.5) is 0 Å². The van der Waals surface area contributed by atoms with E-state index in [2.05, 4.69) is 21.1 Å². The zero-order valence-electron chi connectivity index (χ0n) is 8.74. The van der Waals surface area contributed by atoms with Gasteiger partial charge in [-0.05, 0) is 6.92 Å². The van der Waals surface area contributed by atoms with E-state index in [0.29, 0.717) is 17.0 Å². The van der Waals surface area contributed by atoms with Crippen LogP contribution in [-0.4, -0.2) is 16.3 Å². The van der Waals surface area contributed by atoms with Crippen molar-refractivity contribution in [2.24, 2.45) is 0 Å². The summed E-state index contributed by atoms with van der Waals surface area (Å²) in [4.78, 5) is 11.7. The molecule has 16 heavy (non-hydrogen) atoms. The van der Waals surface area contributed by atoms with Crippen LogP contribution in [-0.2, 0) is 0 Å². The Balaban J connectivity index is 2.55. The number of halogens is 1. The summed E-state index contributed by atoms with van der Waals surface area (Å²) in [6, 6.07) is 9.54. The van der Waals surface area contributed by atoms with E-state index in [1.807, 2.05) is 30.3 Å². The van der Waals surface area contributed by atoms with Gasteiger partial charge in [-0.15, -0.1) is 0 Å². The van der Waals surface area contributed by atoms with Crippen LogP contribution >= 0.6 is 15.9 Å². The number of nitrogens with zero attached hydrogens (tertiary/aromatic N) is 1. The number of aromatic nitrogens is 1. The molecule has 0 N–H and O–H groups in total. The molecule has 0 aliphatic carbocycles. The van der Waals surface area contributed by atoms with Gasteiger partial charge in [0.25, 0.3) is 0 Å². The normalized spacial score (nSPS) is 10.4. The number of ketones is 1. The van der Waals surface area contributed by atoms with Crippen molar-refractivity contribution in [1.29, 1.82) is 0 Å². The Bertz CT molecular complexity index is 505. The van der Waals surface area contributed by atoms with Crippen molar-refractivity contribution in [3.05, 3.63) is 41.7 Å². The Kier molecular flexibility index (Phi) is 3.19. The molecule has 1 aromatic carbocycles. The van der Waals surface area contributed by atoms with E-state index >= 15 is 0 Å². The van der Waals surface area contributed by atoms with Gasteiger partial charge in [0.05, 0.1) is 10.9 Å². The van der Waals surface area contributed by atoms with Crippen LogP contribution in [0.2, 0.25) is 0 Å². The van der Waals surface area contributed by atoms with E-state index in [1.165, 1.54) is 0 Å². The lowest BCUT2D eigenvalue weighted by molar-refractivity contribution is 0.102. The molecule has 0 aliphatic rings. The Morgan fingerprint density at radius 3 is 2.69 bits per heavy atom. The molecule has 3 nitrogen and oxygen atoms in total. The van der Waals surface area contributed by atoms with Crippen LogP contribution in [0.3, 0.4) is 0 Å². The van der Waals surface area contributed by atoms with Crippen LogP contribution in [0.1, 0.15) is 16.1 Å². The number of alkyl halides is 1. The highest BCUT2D eigenvalue weighted by molar-refractivity contribution is 9.09. The molecular weight excluding hydrogens is 270 g/mol. The van der Waals surface area contributed by atoms with Gasteiger partial charge in [0.1, 0.15) is 11.5 Å². The molecule has 0 unspecified atom stereocenters. The fourth-order valence-electron chi connectivity index (χ4n) is 1.56. The molecule has 82 valence electrons. The monoisotopic (exact) mass is 279 g/mol. The van der Waals surface area contributed by atoms with E-state index in [-0.39, 0.29) is 11.1 Å². The smallest absolute Gasteiger partial charge is 0.179 e. The average Bonchev–Trinajstić information content (AvgIpc) is 2.71. The quantitative estimate of drug-likeness (QED) is 0.640. The van der Waals surface area contributed by atoms with Crippen molar-refractivity contribution in [2.75, 3.05) is 5.33 Å². The summed E-state index contributed by atoms with van der Waals surface area (Å²) in [5.74, 6) is 0.543. The Morgan fingerprint density at radius 2 is 2.06 bits per heavy atom. The largest absolute Gasteiger partial charge is 0.360 e. The molecule has 0 spiro atoms. The first-order valence-electron chi connectivity index (χ1n) is 4.85. The molecule has 4 heteroatoms. The van der Waals surface area contributed by atoms with Gasteiger partial charge in [0.15, 0.2) is 5.78 Å². The zero-order valence-corrected chi connectivity index (χ0v) is 10.3. The van der Waals surface area contributed by atoms with Crippen molar-refractivity contribution < 1.29 is 9.32 Å². The highest BCUT2D eigenvalue weighted by Crippen LogP contribution is 2.25. The first kappa shape index (κ1) is 11.1. The highest BCUT2D eigenvalue weighted by atomic mass is 79.9. The molecule has 2 aromatic rings. The van der Waals surface area contributed by atoms with E-state index in [1.54, 1.807) is 6.92 Å². The molecular formula is C12H10BrNO2. The van der Waals surface area contributed by atoms with Crippen LogP contribution < -0.4 is 0 Å². The van der Waals surface area contributed by atoms with Crippen molar-refractivity contribution in [3.63, 3.8) is 0 Å². The zero-order chi connectivity index (χ0) is 11.5. The topological polar surface area (TPSA) is 43.1 Å². The van der Waals surface area contributed by atoms with E-state index in [4.69, 9.17) is 4.52 Å². The lowest BCUT2D eigenvalue weighted by Gasteiger charge is -1.99. The molecule has 0 amide bonds. The van der Waals surface area contributed by atoms with Crippen LogP contribution in [0.15, 0.2) is 34.9 Å². The predicted molar refractivity (Wildman–Crippen MR) is 64.8 cm³/mol. The SMILES string of the molecule is Cc1onc(-c2ccccc2)c1C(=O)CBr. The fourth-order valence-corrected chi connectivity index (χ4v) is 1.84. The molecule has 0 aliphatic heterocycles. The molecule has 0 saturated carbocycles. The van der Waals surface area contributed by atoms with Crippen molar-refractivity contribution in [1.82, 2.24) is 5.16 Å². The summed E-state index contributed by atoms with van der Waals surface area (Å²) in [5.41, 5.74) is 2.06. The van der Waals surface area contributed by atoms with Crippen LogP contribution in [0.5, 0.6) is 0 Å². The summed E-state index contributed by atoms with van der Waals surface area (Å²) in [6.45, 7) is 1.75. The third-order valence-electron chi connectivity index (χ3n) is 2.31. The van der Waals surface area contributed by atoms with Gasteiger partial charge in [-0.2, -0.15) is 0 Å². The summed E-state index contributed by atoms with van der Waals surface area (Å²) in [7, 11) is 0. The van der Waals surface area contributed by atoms with E-state index < -0.39 is 0 Å².